The Morgan fingerprint density at radius 2 is 2.00 bits per heavy atom. The van der Waals surface area contributed by atoms with Gasteiger partial charge in [-0.05, 0) is 67.8 Å². The number of carbonyl (C=O) groups excluding carboxylic acids is 1. The van der Waals surface area contributed by atoms with Crippen molar-refractivity contribution in [1.82, 2.24) is 4.90 Å². The van der Waals surface area contributed by atoms with E-state index < -0.39 is 0 Å². The summed E-state index contributed by atoms with van der Waals surface area (Å²) in [4.78, 5) is 14.6. The fourth-order valence-corrected chi connectivity index (χ4v) is 6.00. The molecule has 1 N–H and O–H groups in total. The standard InChI is InChI=1S/C26H33NO3/c1-30-25(29)13-12-23-24-11-6-15-26(23,21-9-5-10-22(28)19-21)16-18-27(24)17-14-20-7-3-2-4-8-20/h2-5,7-10,19,23-24,28H,6,11-18H2,1H3/t23-,24-,26-/m1/s1. The van der Waals surface area contributed by atoms with E-state index in [9.17, 15) is 9.90 Å². The predicted octanol–water partition coefficient (Wildman–Crippen LogP) is 4.70. The third-order valence-corrected chi connectivity index (χ3v) is 7.45. The first-order valence-electron chi connectivity index (χ1n) is 11.3. The van der Waals surface area contributed by atoms with Crippen molar-refractivity contribution < 1.29 is 14.6 Å². The lowest BCUT2D eigenvalue weighted by molar-refractivity contribution is -0.141. The summed E-state index contributed by atoms with van der Waals surface area (Å²) in [5, 5.41) is 10.2. The van der Waals surface area contributed by atoms with Crippen LogP contribution in [-0.4, -0.2) is 42.2 Å². The highest BCUT2D eigenvalue weighted by molar-refractivity contribution is 5.69. The average Bonchev–Trinajstić information content (AvgIpc) is 2.77. The minimum absolute atomic E-state index is 0.0406. The zero-order valence-corrected chi connectivity index (χ0v) is 17.9. The molecule has 0 amide bonds. The van der Waals surface area contributed by atoms with E-state index in [1.54, 1.807) is 6.07 Å². The summed E-state index contributed by atoms with van der Waals surface area (Å²) in [6.45, 7) is 2.13. The summed E-state index contributed by atoms with van der Waals surface area (Å²) in [7, 11) is 1.47. The number of likely N-dealkylation sites (tertiary alicyclic amines) is 1. The van der Waals surface area contributed by atoms with E-state index in [1.165, 1.54) is 31.1 Å². The molecule has 4 nitrogen and oxygen atoms in total. The number of piperidine rings is 1. The summed E-state index contributed by atoms with van der Waals surface area (Å²) in [6.07, 6.45) is 6.94. The molecule has 1 heterocycles. The first kappa shape index (κ1) is 20.9. The molecule has 30 heavy (non-hydrogen) atoms. The van der Waals surface area contributed by atoms with E-state index in [1.807, 2.05) is 12.1 Å². The average molecular weight is 408 g/mol. The van der Waals surface area contributed by atoms with Gasteiger partial charge in [0.15, 0.2) is 0 Å². The fraction of sp³-hybridized carbons (Fsp3) is 0.500. The Hall–Kier alpha value is -2.33. The Balaban J connectivity index is 1.59. The van der Waals surface area contributed by atoms with Crippen LogP contribution in [0.2, 0.25) is 0 Å². The van der Waals surface area contributed by atoms with Crippen molar-refractivity contribution in [3.8, 4) is 5.75 Å². The molecule has 2 fully saturated rings. The van der Waals surface area contributed by atoms with Gasteiger partial charge in [0, 0.05) is 24.4 Å². The summed E-state index contributed by atoms with van der Waals surface area (Å²) in [5.41, 5.74) is 2.66. The molecule has 2 aromatic carbocycles. The number of nitrogens with zero attached hydrogens (tertiary/aromatic N) is 1. The zero-order chi connectivity index (χ0) is 21.0. The first-order chi connectivity index (χ1) is 14.6. The minimum atomic E-state index is -0.124. The number of carbonyl (C=O) groups is 1. The van der Waals surface area contributed by atoms with Crippen molar-refractivity contribution >= 4 is 5.97 Å². The van der Waals surface area contributed by atoms with Crippen LogP contribution in [0.1, 0.15) is 49.7 Å². The summed E-state index contributed by atoms with van der Waals surface area (Å²) in [5.74, 6) is 0.611. The number of phenolic OH excluding ortho intramolecular Hbond substituents is 1. The number of esters is 1. The van der Waals surface area contributed by atoms with Crippen molar-refractivity contribution in [2.24, 2.45) is 5.92 Å². The number of fused-ring (bicyclic) bond motifs is 2. The fourth-order valence-electron chi connectivity index (χ4n) is 6.00. The molecule has 1 aliphatic carbocycles. The van der Waals surface area contributed by atoms with Crippen molar-refractivity contribution in [2.45, 2.75) is 56.4 Å². The third-order valence-electron chi connectivity index (χ3n) is 7.45. The Labute approximate surface area is 179 Å². The molecule has 2 aromatic rings. The summed E-state index contributed by atoms with van der Waals surface area (Å²) < 4.78 is 4.96. The van der Waals surface area contributed by atoms with Crippen LogP contribution in [0.15, 0.2) is 54.6 Å². The van der Waals surface area contributed by atoms with Gasteiger partial charge in [-0.2, -0.15) is 0 Å². The second-order valence-corrected chi connectivity index (χ2v) is 8.91. The molecule has 3 atom stereocenters. The van der Waals surface area contributed by atoms with Gasteiger partial charge < -0.3 is 9.84 Å². The van der Waals surface area contributed by atoms with Gasteiger partial charge in [-0.25, -0.2) is 0 Å². The number of ether oxygens (including phenoxy) is 1. The van der Waals surface area contributed by atoms with Crippen LogP contribution in [0, 0.1) is 5.92 Å². The lowest BCUT2D eigenvalue weighted by atomic mass is 9.55. The molecule has 2 aliphatic rings. The summed E-state index contributed by atoms with van der Waals surface area (Å²) >= 11 is 0. The minimum Gasteiger partial charge on any atom is -0.508 e. The first-order valence-corrected chi connectivity index (χ1v) is 11.3. The normalized spacial score (nSPS) is 26.3. The molecule has 0 radical (unpaired) electrons. The molecular formula is C26H33NO3. The maximum absolute atomic E-state index is 12.0. The van der Waals surface area contributed by atoms with E-state index in [0.29, 0.717) is 24.1 Å². The van der Waals surface area contributed by atoms with Gasteiger partial charge >= 0.3 is 5.97 Å². The molecule has 1 saturated heterocycles. The van der Waals surface area contributed by atoms with Gasteiger partial charge in [-0.15, -0.1) is 0 Å². The highest BCUT2D eigenvalue weighted by Gasteiger charge is 2.51. The second-order valence-electron chi connectivity index (χ2n) is 8.91. The van der Waals surface area contributed by atoms with E-state index >= 15 is 0 Å². The number of hydrogen-bond acceptors (Lipinski definition) is 4. The molecule has 4 heteroatoms. The largest absolute Gasteiger partial charge is 0.508 e. The Kier molecular flexibility index (Phi) is 6.43. The van der Waals surface area contributed by atoms with E-state index in [0.717, 1.165) is 38.8 Å². The topological polar surface area (TPSA) is 49.8 Å². The van der Waals surface area contributed by atoms with Crippen molar-refractivity contribution in [1.29, 1.82) is 0 Å². The Morgan fingerprint density at radius 1 is 1.17 bits per heavy atom. The molecule has 4 rings (SSSR count). The third kappa shape index (κ3) is 4.24. The highest BCUT2D eigenvalue weighted by Crippen LogP contribution is 2.53. The van der Waals surface area contributed by atoms with Crippen molar-refractivity contribution in [3.63, 3.8) is 0 Å². The number of benzene rings is 2. The van der Waals surface area contributed by atoms with E-state index in [-0.39, 0.29) is 11.4 Å². The van der Waals surface area contributed by atoms with Crippen molar-refractivity contribution in [3.05, 3.63) is 65.7 Å². The van der Waals surface area contributed by atoms with Crippen LogP contribution in [0.5, 0.6) is 5.75 Å². The number of aromatic hydroxyl groups is 1. The van der Waals surface area contributed by atoms with Gasteiger partial charge in [0.1, 0.15) is 5.75 Å². The van der Waals surface area contributed by atoms with Gasteiger partial charge in [0.2, 0.25) is 0 Å². The van der Waals surface area contributed by atoms with Crippen LogP contribution in [0.3, 0.4) is 0 Å². The second kappa shape index (κ2) is 9.22. The maximum atomic E-state index is 12.0. The van der Waals surface area contributed by atoms with Gasteiger partial charge in [-0.3, -0.25) is 9.69 Å². The quantitative estimate of drug-likeness (QED) is 0.676. The number of methoxy groups -OCH3 is 1. The molecule has 0 aromatic heterocycles. The number of phenols is 1. The maximum Gasteiger partial charge on any atom is 0.305 e. The Morgan fingerprint density at radius 3 is 2.77 bits per heavy atom. The lowest BCUT2D eigenvalue weighted by Gasteiger charge is -2.57. The number of rotatable bonds is 7. The Bertz CT molecular complexity index is 852. The van der Waals surface area contributed by atoms with Gasteiger partial charge in [0.25, 0.3) is 0 Å². The molecule has 0 unspecified atom stereocenters. The molecule has 1 aliphatic heterocycles. The zero-order valence-electron chi connectivity index (χ0n) is 17.9. The smallest absolute Gasteiger partial charge is 0.305 e. The summed E-state index contributed by atoms with van der Waals surface area (Å²) in [6, 6.07) is 19.0. The van der Waals surface area contributed by atoms with Crippen LogP contribution in [0.25, 0.3) is 0 Å². The molecule has 2 bridgehead atoms. The van der Waals surface area contributed by atoms with E-state index in [2.05, 4.69) is 41.3 Å². The van der Waals surface area contributed by atoms with Gasteiger partial charge in [-0.1, -0.05) is 48.9 Å². The van der Waals surface area contributed by atoms with Crippen LogP contribution < -0.4 is 0 Å². The molecule has 160 valence electrons. The molecule has 1 saturated carbocycles. The van der Waals surface area contributed by atoms with E-state index in [4.69, 9.17) is 4.74 Å². The monoisotopic (exact) mass is 407 g/mol. The van der Waals surface area contributed by atoms with Crippen LogP contribution >= 0.6 is 0 Å². The number of hydrogen-bond donors (Lipinski definition) is 1. The van der Waals surface area contributed by atoms with Crippen LogP contribution in [0.4, 0.5) is 0 Å². The molecule has 0 spiro atoms. The van der Waals surface area contributed by atoms with Crippen LogP contribution in [-0.2, 0) is 21.4 Å². The lowest BCUT2D eigenvalue weighted by Crippen LogP contribution is -2.59. The predicted molar refractivity (Wildman–Crippen MR) is 118 cm³/mol. The highest BCUT2D eigenvalue weighted by atomic mass is 16.5. The molecular weight excluding hydrogens is 374 g/mol. The SMILES string of the molecule is COC(=O)CC[C@@H]1[C@H]2CCC[C@]1(c1cccc(O)c1)CCN2CCc1ccccc1. The van der Waals surface area contributed by atoms with Gasteiger partial charge in [0.05, 0.1) is 7.11 Å². The van der Waals surface area contributed by atoms with Crippen molar-refractivity contribution in [2.75, 3.05) is 20.2 Å².